The number of methoxy groups -OCH3 is 3. The van der Waals surface area contributed by atoms with E-state index < -0.39 is 5.97 Å². The van der Waals surface area contributed by atoms with Crippen molar-refractivity contribution in [2.75, 3.05) is 28.4 Å². The van der Waals surface area contributed by atoms with Crippen molar-refractivity contribution in [2.45, 2.75) is 38.3 Å². The van der Waals surface area contributed by atoms with Crippen LogP contribution in [-0.2, 0) is 11.3 Å². The molecule has 0 spiro atoms. The summed E-state index contributed by atoms with van der Waals surface area (Å²) in [5.41, 5.74) is 5.96. The monoisotopic (exact) mass is 668 g/mol. The van der Waals surface area contributed by atoms with Crippen molar-refractivity contribution >= 4 is 34.8 Å². The summed E-state index contributed by atoms with van der Waals surface area (Å²) in [5, 5.41) is 15.5. The van der Waals surface area contributed by atoms with Crippen molar-refractivity contribution in [3.8, 4) is 45.5 Å². The van der Waals surface area contributed by atoms with E-state index in [0.29, 0.717) is 71.1 Å². The number of aromatic nitrogens is 3. The molecule has 0 bridgehead atoms. The minimum atomic E-state index is -0.698. The number of hydrogen-bond acceptors (Lipinski definition) is 8. The lowest BCUT2D eigenvalue weighted by Crippen LogP contribution is -2.36. The molecule has 1 N–H and O–H groups in total. The predicted octanol–water partition coefficient (Wildman–Crippen LogP) is 7.32. The molecule has 5 aromatic rings. The van der Waals surface area contributed by atoms with Crippen LogP contribution in [0.25, 0.3) is 39.0 Å². The maximum Gasteiger partial charge on any atom is 0.306 e. The van der Waals surface area contributed by atoms with Crippen molar-refractivity contribution in [1.82, 2.24) is 19.7 Å². The zero-order valence-electron chi connectivity index (χ0n) is 27.3. The molecule has 0 unspecified atom stereocenters. The van der Waals surface area contributed by atoms with E-state index in [4.69, 9.17) is 30.8 Å². The summed E-state index contributed by atoms with van der Waals surface area (Å²) in [4.78, 5) is 30.2. The first-order chi connectivity index (χ1) is 23.3. The van der Waals surface area contributed by atoms with Crippen molar-refractivity contribution in [1.29, 1.82) is 0 Å². The Morgan fingerprint density at radius 2 is 1.62 bits per heavy atom. The number of carbonyl (C=O) groups excluding carboxylic acids is 1. The number of hydrogen-bond donors (Lipinski definition) is 1. The molecular formula is C37H37ClN4O6. The highest BCUT2D eigenvalue weighted by molar-refractivity contribution is 6.36. The Morgan fingerprint density at radius 3 is 2.27 bits per heavy atom. The molecule has 0 atom stereocenters. The molecule has 10 nitrogen and oxygen atoms in total. The van der Waals surface area contributed by atoms with Crippen molar-refractivity contribution in [3.05, 3.63) is 83.0 Å². The summed E-state index contributed by atoms with van der Waals surface area (Å²) in [5.74, 6) is 0.353. The van der Waals surface area contributed by atoms with E-state index in [1.807, 2.05) is 48.5 Å². The van der Waals surface area contributed by atoms with Gasteiger partial charge in [-0.05, 0) is 50.4 Å². The first-order valence-electron chi connectivity index (χ1n) is 15.7. The summed E-state index contributed by atoms with van der Waals surface area (Å²) >= 11 is 7.15. The van der Waals surface area contributed by atoms with Crippen LogP contribution in [0.3, 0.4) is 0 Å². The Labute approximate surface area is 283 Å². The first-order valence-corrected chi connectivity index (χ1v) is 16.1. The van der Waals surface area contributed by atoms with Gasteiger partial charge in [0.05, 0.1) is 60.9 Å². The third kappa shape index (κ3) is 6.21. The van der Waals surface area contributed by atoms with Crippen LogP contribution in [0, 0.1) is 5.92 Å². The Kier molecular flexibility index (Phi) is 9.66. The lowest BCUT2D eigenvalue weighted by atomic mass is 9.85. The number of carboxylic acid groups (broad SMARTS) is 1. The fourth-order valence-corrected chi connectivity index (χ4v) is 7.00. The second-order valence-electron chi connectivity index (χ2n) is 12.0. The second-order valence-corrected chi connectivity index (χ2v) is 12.3. The van der Waals surface area contributed by atoms with Gasteiger partial charge in [0.15, 0.2) is 6.29 Å². The highest BCUT2D eigenvalue weighted by atomic mass is 35.5. The molecule has 0 radical (unpaired) electrons. The van der Waals surface area contributed by atoms with Gasteiger partial charge in [0.2, 0.25) is 5.88 Å². The van der Waals surface area contributed by atoms with Crippen molar-refractivity contribution < 1.29 is 28.9 Å². The molecule has 0 aliphatic heterocycles. The van der Waals surface area contributed by atoms with E-state index >= 15 is 0 Å². The summed E-state index contributed by atoms with van der Waals surface area (Å²) in [6.45, 7) is 0.633. The maximum absolute atomic E-state index is 11.7. The van der Waals surface area contributed by atoms with Gasteiger partial charge < -0.3 is 19.3 Å². The molecule has 0 saturated heterocycles. The van der Waals surface area contributed by atoms with Gasteiger partial charge in [-0.25, -0.2) is 9.67 Å². The van der Waals surface area contributed by atoms with Crippen molar-refractivity contribution in [2.24, 2.45) is 5.92 Å². The predicted molar refractivity (Wildman–Crippen MR) is 185 cm³/mol. The Morgan fingerprint density at radius 1 is 0.958 bits per heavy atom. The smallest absolute Gasteiger partial charge is 0.306 e. The summed E-state index contributed by atoms with van der Waals surface area (Å²) in [6, 6.07) is 19.6. The zero-order valence-corrected chi connectivity index (χ0v) is 28.0. The molecule has 2 heterocycles. The number of ether oxygens (including phenoxy) is 3. The minimum absolute atomic E-state index is 0.247. The molecule has 6 rings (SSSR count). The number of aliphatic carboxylic acids is 1. The van der Waals surface area contributed by atoms with E-state index in [1.165, 1.54) is 14.2 Å². The van der Waals surface area contributed by atoms with Crippen LogP contribution in [0.15, 0.2) is 66.9 Å². The summed E-state index contributed by atoms with van der Waals surface area (Å²) in [6.07, 6.45) is 5.60. The van der Waals surface area contributed by atoms with E-state index in [2.05, 4.69) is 17.0 Å². The Hall–Kier alpha value is -4.93. The third-order valence-electron chi connectivity index (χ3n) is 9.29. The third-order valence-corrected chi connectivity index (χ3v) is 9.70. The van der Waals surface area contributed by atoms with Gasteiger partial charge in [-0.1, -0.05) is 48.0 Å². The fourth-order valence-electron chi connectivity index (χ4n) is 6.67. The molecule has 2 aromatic heterocycles. The first kappa shape index (κ1) is 33.0. The molecule has 1 fully saturated rings. The Balaban J connectivity index is 1.31. The van der Waals surface area contributed by atoms with Crippen LogP contribution in [0.2, 0.25) is 5.02 Å². The number of pyridine rings is 1. The van der Waals surface area contributed by atoms with Crippen molar-refractivity contribution in [3.63, 3.8) is 0 Å². The van der Waals surface area contributed by atoms with Gasteiger partial charge >= 0.3 is 5.97 Å². The molecule has 11 heteroatoms. The second kappa shape index (κ2) is 14.0. The average molecular weight is 669 g/mol. The normalized spacial score (nSPS) is 16.2. The van der Waals surface area contributed by atoms with E-state index in [9.17, 15) is 14.7 Å². The van der Waals surface area contributed by atoms with E-state index in [-0.39, 0.29) is 5.92 Å². The number of carbonyl (C=O) groups is 2. The lowest BCUT2D eigenvalue weighted by Gasteiger charge is -2.33. The number of fused-ring (bicyclic) bond motifs is 1. The van der Waals surface area contributed by atoms with E-state index in [1.54, 1.807) is 30.1 Å². The van der Waals surface area contributed by atoms with Crippen LogP contribution in [0.1, 0.15) is 41.6 Å². The largest absolute Gasteiger partial charge is 0.496 e. The van der Waals surface area contributed by atoms with Gasteiger partial charge in [0.25, 0.3) is 0 Å². The van der Waals surface area contributed by atoms with Gasteiger partial charge in [0.1, 0.15) is 11.5 Å². The number of rotatable bonds is 11. The van der Waals surface area contributed by atoms with Gasteiger partial charge in [-0.2, -0.15) is 5.10 Å². The molecule has 3 aromatic carbocycles. The molecular weight excluding hydrogens is 632 g/mol. The maximum atomic E-state index is 11.7. The lowest BCUT2D eigenvalue weighted by molar-refractivity contribution is -0.143. The van der Waals surface area contributed by atoms with Gasteiger partial charge in [-0.3, -0.25) is 14.5 Å². The van der Waals surface area contributed by atoms with Gasteiger partial charge in [-0.15, -0.1) is 0 Å². The average Bonchev–Trinajstić information content (AvgIpc) is 3.56. The molecule has 48 heavy (non-hydrogen) atoms. The van der Waals surface area contributed by atoms with E-state index in [0.717, 1.165) is 46.0 Å². The summed E-state index contributed by atoms with van der Waals surface area (Å²) < 4.78 is 18.5. The quantitative estimate of drug-likeness (QED) is 0.145. The number of carboxylic acids is 1. The Bertz CT molecular complexity index is 1960. The molecule has 1 aliphatic rings. The standard InChI is InChI=1S/C37H37ClN4O6/c1-41(24-14-11-22(12-15-24)37(44)45)20-23-13-16-31(40-36(23)48-4)28-9-5-8-27(35(28)38)26-7-6-10-32-29(26)19-39-42(32)25-17-33(46-2)30(21-43)34(18-25)47-3/h5-10,13,16-19,21-22,24H,11-12,14-15,20H2,1-4H3,(H,44,45). The van der Waals surface area contributed by atoms with Crippen LogP contribution in [-0.4, -0.2) is 71.4 Å². The minimum Gasteiger partial charge on any atom is -0.496 e. The topological polar surface area (TPSA) is 116 Å². The number of nitrogens with zero attached hydrogens (tertiary/aromatic N) is 4. The molecule has 1 saturated carbocycles. The van der Waals surface area contributed by atoms with Crippen LogP contribution >= 0.6 is 11.6 Å². The highest BCUT2D eigenvalue weighted by Gasteiger charge is 2.28. The van der Waals surface area contributed by atoms with Crippen LogP contribution < -0.4 is 14.2 Å². The summed E-state index contributed by atoms with van der Waals surface area (Å²) in [7, 11) is 6.69. The zero-order chi connectivity index (χ0) is 33.9. The highest BCUT2D eigenvalue weighted by Crippen LogP contribution is 2.40. The molecule has 248 valence electrons. The number of halogens is 1. The number of benzene rings is 3. The SMILES string of the molecule is COc1cc(-n2ncc3c(-c4cccc(-c5ccc(CN(C)C6CCC(C(=O)O)CC6)c(OC)n5)c4Cl)cccc32)cc(OC)c1C=O. The molecule has 0 amide bonds. The van der Waals surface area contributed by atoms with Crippen LogP contribution in [0.4, 0.5) is 0 Å². The van der Waals surface area contributed by atoms with Gasteiger partial charge in [0, 0.05) is 46.8 Å². The number of aldehydes is 1. The van der Waals surface area contributed by atoms with Crippen LogP contribution in [0.5, 0.6) is 17.4 Å². The molecule has 1 aliphatic carbocycles. The fraction of sp³-hybridized carbons (Fsp3) is 0.297.